The summed E-state index contributed by atoms with van der Waals surface area (Å²) in [6.45, 7) is 0. The maximum Gasteiger partial charge on any atom is 0.153 e. The van der Waals surface area contributed by atoms with E-state index in [2.05, 4.69) is 10.2 Å². The van der Waals surface area contributed by atoms with Gasteiger partial charge in [0.2, 0.25) is 0 Å². The molecule has 0 atom stereocenters. The van der Waals surface area contributed by atoms with Crippen molar-refractivity contribution in [3.05, 3.63) is 35.8 Å². The van der Waals surface area contributed by atoms with E-state index in [1.165, 1.54) is 50.7 Å². The van der Waals surface area contributed by atoms with Gasteiger partial charge >= 0.3 is 0 Å². The third kappa shape index (κ3) is 3.26. The highest BCUT2D eigenvalue weighted by Crippen LogP contribution is 2.33. The first-order valence-corrected chi connectivity index (χ1v) is 7.82. The van der Waals surface area contributed by atoms with Crippen molar-refractivity contribution < 1.29 is 4.39 Å². The highest BCUT2D eigenvalue weighted by atomic mass is 19.1. The van der Waals surface area contributed by atoms with Gasteiger partial charge in [-0.3, -0.25) is 5.10 Å². The third-order valence-corrected chi connectivity index (χ3v) is 4.45. The maximum atomic E-state index is 13.5. The van der Waals surface area contributed by atoms with E-state index in [-0.39, 0.29) is 5.82 Å². The molecule has 0 bridgehead atoms. The van der Waals surface area contributed by atoms with Gasteiger partial charge in [0.05, 0.1) is 0 Å². The van der Waals surface area contributed by atoms with Crippen molar-refractivity contribution in [2.24, 2.45) is 5.92 Å². The molecule has 1 aliphatic rings. The molecule has 1 aliphatic carbocycles. The average Bonchev–Trinajstić information content (AvgIpc) is 2.67. The van der Waals surface area contributed by atoms with Gasteiger partial charge in [0, 0.05) is 11.3 Å². The molecular formula is C17H22FN3. The highest BCUT2D eigenvalue weighted by molar-refractivity contribution is 5.76. The molecule has 3 nitrogen and oxygen atoms in total. The van der Waals surface area contributed by atoms with E-state index in [0.717, 1.165) is 23.2 Å². The zero-order valence-electron chi connectivity index (χ0n) is 12.2. The number of aromatic nitrogens is 2. The number of nitrogens with two attached hydrogens (primary N) is 1. The van der Waals surface area contributed by atoms with Gasteiger partial charge in [0.25, 0.3) is 0 Å². The molecule has 0 spiro atoms. The highest BCUT2D eigenvalue weighted by Gasteiger charge is 2.19. The quantitative estimate of drug-likeness (QED) is 0.826. The molecule has 1 aromatic heterocycles. The van der Waals surface area contributed by atoms with Crippen LogP contribution in [0.3, 0.4) is 0 Å². The van der Waals surface area contributed by atoms with Crippen LogP contribution in [0.15, 0.2) is 24.3 Å². The summed E-state index contributed by atoms with van der Waals surface area (Å²) in [6.07, 6.45) is 8.79. The summed E-state index contributed by atoms with van der Waals surface area (Å²) < 4.78 is 13.5. The zero-order valence-corrected chi connectivity index (χ0v) is 12.2. The number of nitrogens with one attached hydrogen (secondary N) is 1. The maximum absolute atomic E-state index is 13.5. The monoisotopic (exact) mass is 287 g/mol. The van der Waals surface area contributed by atoms with E-state index in [1.807, 2.05) is 6.07 Å². The van der Waals surface area contributed by atoms with Crippen LogP contribution in [-0.2, 0) is 6.42 Å². The molecule has 3 N–H and O–H groups in total. The number of benzene rings is 1. The van der Waals surface area contributed by atoms with Crippen molar-refractivity contribution >= 4 is 5.82 Å². The largest absolute Gasteiger partial charge is 0.382 e. The van der Waals surface area contributed by atoms with Gasteiger partial charge in [-0.25, -0.2) is 4.39 Å². The van der Waals surface area contributed by atoms with Gasteiger partial charge < -0.3 is 5.73 Å². The Labute approximate surface area is 124 Å². The standard InChI is InChI=1S/C17H22FN3/c18-14-9-5-8-13(11-14)16-15(20-21-17(16)19)10-12-6-3-1-2-4-7-12/h5,8-9,11-12H,1-4,6-7,10H2,(H3,19,20,21). The minimum absolute atomic E-state index is 0.242. The summed E-state index contributed by atoms with van der Waals surface area (Å²) in [7, 11) is 0. The second-order valence-electron chi connectivity index (χ2n) is 6.03. The van der Waals surface area contributed by atoms with Crippen molar-refractivity contribution in [2.75, 3.05) is 5.73 Å². The van der Waals surface area contributed by atoms with Crippen LogP contribution < -0.4 is 5.73 Å². The van der Waals surface area contributed by atoms with Crippen LogP contribution in [0.25, 0.3) is 11.1 Å². The average molecular weight is 287 g/mol. The number of anilines is 1. The lowest BCUT2D eigenvalue weighted by atomic mass is 9.92. The first-order valence-electron chi connectivity index (χ1n) is 7.82. The summed E-state index contributed by atoms with van der Waals surface area (Å²) >= 11 is 0. The van der Waals surface area contributed by atoms with Gasteiger partial charge in [0.15, 0.2) is 5.82 Å². The number of rotatable bonds is 3. The summed E-state index contributed by atoms with van der Waals surface area (Å²) in [5.74, 6) is 0.900. The predicted octanol–water partition coefficient (Wildman–Crippen LogP) is 4.31. The van der Waals surface area contributed by atoms with Crippen molar-refractivity contribution in [1.82, 2.24) is 10.2 Å². The Balaban J connectivity index is 1.86. The van der Waals surface area contributed by atoms with Crippen LogP contribution in [0.2, 0.25) is 0 Å². The molecule has 0 aliphatic heterocycles. The lowest BCUT2D eigenvalue weighted by Gasteiger charge is -2.14. The Morgan fingerprint density at radius 3 is 2.67 bits per heavy atom. The van der Waals surface area contributed by atoms with Gasteiger partial charge in [-0.15, -0.1) is 0 Å². The van der Waals surface area contributed by atoms with Gasteiger partial charge in [0.1, 0.15) is 5.82 Å². The SMILES string of the molecule is Nc1n[nH]c(CC2CCCCCC2)c1-c1cccc(F)c1. The number of halogens is 1. The van der Waals surface area contributed by atoms with Gasteiger partial charge in [-0.2, -0.15) is 5.10 Å². The Morgan fingerprint density at radius 2 is 1.95 bits per heavy atom. The Morgan fingerprint density at radius 1 is 1.19 bits per heavy atom. The summed E-state index contributed by atoms with van der Waals surface area (Å²) in [6, 6.07) is 6.58. The van der Waals surface area contributed by atoms with Crippen molar-refractivity contribution in [3.63, 3.8) is 0 Å². The van der Waals surface area contributed by atoms with Crippen LogP contribution in [0, 0.1) is 11.7 Å². The number of nitrogens with zero attached hydrogens (tertiary/aromatic N) is 1. The molecule has 0 amide bonds. The molecule has 1 aromatic carbocycles. The van der Waals surface area contributed by atoms with E-state index in [0.29, 0.717) is 11.7 Å². The molecule has 1 fully saturated rings. The lowest BCUT2D eigenvalue weighted by Crippen LogP contribution is -2.05. The molecule has 21 heavy (non-hydrogen) atoms. The van der Waals surface area contributed by atoms with E-state index in [9.17, 15) is 4.39 Å². The summed E-state index contributed by atoms with van der Waals surface area (Å²) in [5, 5.41) is 7.20. The van der Waals surface area contributed by atoms with Crippen LogP contribution in [0.4, 0.5) is 10.2 Å². The van der Waals surface area contributed by atoms with Crippen molar-refractivity contribution in [3.8, 4) is 11.1 Å². The fraction of sp³-hybridized carbons (Fsp3) is 0.471. The lowest BCUT2D eigenvalue weighted by molar-refractivity contribution is 0.453. The van der Waals surface area contributed by atoms with Crippen molar-refractivity contribution in [2.45, 2.75) is 44.9 Å². The fourth-order valence-electron chi connectivity index (χ4n) is 3.36. The molecule has 0 unspecified atom stereocenters. The predicted molar refractivity (Wildman–Crippen MR) is 83.3 cm³/mol. The molecule has 3 rings (SSSR count). The van der Waals surface area contributed by atoms with E-state index < -0.39 is 0 Å². The van der Waals surface area contributed by atoms with Crippen LogP contribution in [-0.4, -0.2) is 10.2 Å². The van der Waals surface area contributed by atoms with Crippen molar-refractivity contribution in [1.29, 1.82) is 0 Å². The molecule has 4 heteroatoms. The molecule has 0 radical (unpaired) electrons. The van der Waals surface area contributed by atoms with Gasteiger partial charge in [-0.1, -0.05) is 50.7 Å². The van der Waals surface area contributed by atoms with Crippen LogP contribution in [0.1, 0.15) is 44.2 Å². The molecule has 112 valence electrons. The van der Waals surface area contributed by atoms with E-state index in [4.69, 9.17) is 5.73 Å². The number of H-pyrrole nitrogens is 1. The Bertz CT molecular complexity index is 598. The van der Waals surface area contributed by atoms with Crippen LogP contribution in [0.5, 0.6) is 0 Å². The normalized spacial score (nSPS) is 16.8. The molecule has 0 saturated heterocycles. The summed E-state index contributed by atoms with van der Waals surface area (Å²) in [5.41, 5.74) is 8.72. The third-order valence-electron chi connectivity index (χ3n) is 4.45. The number of hydrogen-bond acceptors (Lipinski definition) is 2. The minimum atomic E-state index is -0.242. The molecule has 2 aromatic rings. The van der Waals surface area contributed by atoms with Gasteiger partial charge in [-0.05, 0) is 30.0 Å². The number of nitrogen functional groups attached to an aromatic ring is 1. The van der Waals surface area contributed by atoms with E-state index >= 15 is 0 Å². The van der Waals surface area contributed by atoms with E-state index in [1.54, 1.807) is 6.07 Å². The topological polar surface area (TPSA) is 54.7 Å². The molecule has 1 heterocycles. The minimum Gasteiger partial charge on any atom is -0.382 e. The van der Waals surface area contributed by atoms with Crippen LogP contribution >= 0.6 is 0 Å². The molecule has 1 saturated carbocycles. The Hall–Kier alpha value is -1.84. The molecular weight excluding hydrogens is 265 g/mol. The second kappa shape index (κ2) is 6.29. The summed E-state index contributed by atoms with van der Waals surface area (Å²) in [4.78, 5) is 0. The zero-order chi connectivity index (χ0) is 14.7. The Kier molecular flexibility index (Phi) is 4.23. The fourth-order valence-corrected chi connectivity index (χ4v) is 3.36. The number of aromatic amines is 1. The smallest absolute Gasteiger partial charge is 0.153 e. The first-order chi connectivity index (χ1) is 10.2. The number of hydrogen-bond donors (Lipinski definition) is 2. The first kappa shape index (κ1) is 14.1. The second-order valence-corrected chi connectivity index (χ2v) is 6.03.